The zero-order valence-corrected chi connectivity index (χ0v) is 17.1. The summed E-state index contributed by atoms with van der Waals surface area (Å²) in [6, 6.07) is 7.67. The molecule has 1 aromatic carbocycles. The van der Waals surface area contributed by atoms with Gasteiger partial charge in [0.2, 0.25) is 5.78 Å². The minimum atomic E-state index is -4.01. The number of benzene rings is 1. The first-order valence-corrected chi connectivity index (χ1v) is 10.5. The number of hydrogen-bond acceptors (Lipinski definition) is 7. The Kier molecular flexibility index (Phi) is 6.44. The second kappa shape index (κ2) is 8.23. The Morgan fingerprint density at radius 3 is 2.30 bits per heavy atom. The Morgan fingerprint density at radius 1 is 1.26 bits per heavy atom. The van der Waals surface area contributed by atoms with Crippen molar-refractivity contribution in [3.63, 3.8) is 0 Å². The third kappa shape index (κ3) is 4.06. The van der Waals surface area contributed by atoms with Crippen molar-refractivity contribution in [3.05, 3.63) is 40.0 Å². The highest BCUT2D eigenvalue weighted by Crippen LogP contribution is 2.41. The summed E-state index contributed by atoms with van der Waals surface area (Å²) in [5.74, 6) is -1.73. The standard InChI is InChI=1S/C18H19BrN2O5S/c1-12(21)15(10-20)16(22)11-26-17(23)18(8-2-3-9-18)27(24,25)14-6-4-13(19)5-7-14/h4-7H,2-3,8-9,11,21H2,1H3. The highest BCUT2D eigenvalue weighted by molar-refractivity contribution is 9.10. The van der Waals surface area contributed by atoms with Crippen LogP contribution in [0.1, 0.15) is 32.6 Å². The number of rotatable bonds is 6. The molecule has 2 N–H and O–H groups in total. The summed E-state index contributed by atoms with van der Waals surface area (Å²) in [7, 11) is -4.01. The first-order valence-electron chi connectivity index (χ1n) is 8.23. The molecule has 0 bridgehead atoms. The number of carbonyl (C=O) groups is 2. The molecule has 0 amide bonds. The molecule has 144 valence electrons. The van der Waals surface area contributed by atoms with Crippen LogP contribution in [0.2, 0.25) is 0 Å². The second-order valence-electron chi connectivity index (χ2n) is 6.33. The van der Waals surface area contributed by atoms with E-state index < -0.39 is 32.9 Å². The molecule has 0 unspecified atom stereocenters. The molecule has 0 radical (unpaired) electrons. The maximum Gasteiger partial charge on any atom is 0.328 e. The molecule has 0 aromatic heterocycles. The molecule has 1 aliphatic rings. The number of hydrogen-bond donors (Lipinski definition) is 1. The summed E-state index contributed by atoms with van der Waals surface area (Å²) in [6.07, 6.45) is 1.36. The largest absolute Gasteiger partial charge is 0.456 e. The lowest BCUT2D eigenvalue weighted by atomic mass is 10.1. The summed E-state index contributed by atoms with van der Waals surface area (Å²) in [4.78, 5) is 24.8. The molecule has 0 atom stereocenters. The van der Waals surface area contributed by atoms with Gasteiger partial charge < -0.3 is 10.5 Å². The SMILES string of the molecule is CC(N)=C(C#N)C(=O)COC(=O)C1(S(=O)(=O)c2ccc(Br)cc2)CCCC1. The normalized spacial score (nSPS) is 16.9. The zero-order valence-electron chi connectivity index (χ0n) is 14.7. The smallest absolute Gasteiger partial charge is 0.328 e. The Morgan fingerprint density at radius 2 is 1.81 bits per heavy atom. The van der Waals surface area contributed by atoms with Crippen LogP contribution in [0, 0.1) is 11.3 Å². The number of allylic oxidation sites excluding steroid dienone is 1. The van der Waals surface area contributed by atoms with E-state index in [0.717, 1.165) is 0 Å². The van der Waals surface area contributed by atoms with Crippen LogP contribution < -0.4 is 5.73 Å². The molecular formula is C18H19BrN2O5S. The quantitative estimate of drug-likeness (QED) is 0.396. The minimum Gasteiger partial charge on any atom is -0.456 e. The average Bonchev–Trinajstić information content (AvgIpc) is 3.12. The molecule has 1 saturated carbocycles. The summed E-state index contributed by atoms with van der Waals surface area (Å²) in [5.41, 5.74) is 5.16. The molecule has 0 aliphatic heterocycles. The average molecular weight is 455 g/mol. The van der Waals surface area contributed by atoms with Gasteiger partial charge in [-0.3, -0.25) is 9.59 Å². The third-order valence-electron chi connectivity index (χ3n) is 4.54. The highest BCUT2D eigenvalue weighted by Gasteiger charge is 2.54. The van der Waals surface area contributed by atoms with Gasteiger partial charge in [0.15, 0.2) is 21.2 Å². The van der Waals surface area contributed by atoms with Crippen molar-refractivity contribution in [2.75, 3.05) is 6.61 Å². The van der Waals surface area contributed by atoms with Gasteiger partial charge in [0.1, 0.15) is 11.6 Å². The molecule has 0 saturated heterocycles. The fraction of sp³-hybridized carbons (Fsp3) is 0.389. The van der Waals surface area contributed by atoms with Crippen LogP contribution in [0.15, 0.2) is 44.9 Å². The summed E-state index contributed by atoms with van der Waals surface area (Å²) < 4.78 is 30.4. The highest BCUT2D eigenvalue weighted by atomic mass is 79.9. The van der Waals surface area contributed by atoms with Gasteiger partial charge in [-0.15, -0.1) is 0 Å². The molecule has 2 rings (SSSR count). The van der Waals surface area contributed by atoms with Crippen molar-refractivity contribution >= 4 is 37.5 Å². The van der Waals surface area contributed by atoms with Gasteiger partial charge in [-0.2, -0.15) is 5.26 Å². The van der Waals surface area contributed by atoms with E-state index in [4.69, 9.17) is 15.7 Å². The van der Waals surface area contributed by atoms with E-state index in [0.29, 0.717) is 17.3 Å². The molecule has 27 heavy (non-hydrogen) atoms. The fourth-order valence-electron chi connectivity index (χ4n) is 3.07. The molecule has 9 heteroatoms. The first kappa shape index (κ1) is 21.1. The monoisotopic (exact) mass is 454 g/mol. The molecule has 7 nitrogen and oxygen atoms in total. The summed E-state index contributed by atoms with van der Waals surface area (Å²) in [5, 5.41) is 8.95. The Bertz CT molecular complexity index is 919. The van der Waals surface area contributed by atoms with Crippen molar-refractivity contribution in [2.24, 2.45) is 5.73 Å². The zero-order chi connectivity index (χ0) is 20.2. The number of nitrogens with zero attached hydrogens (tertiary/aromatic N) is 1. The van der Waals surface area contributed by atoms with E-state index in [1.165, 1.54) is 19.1 Å². The lowest BCUT2D eigenvalue weighted by molar-refractivity contribution is -0.149. The van der Waals surface area contributed by atoms with Gasteiger partial charge in [-0.1, -0.05) is 28.8 Å². The summed E-state index contributed by atoms with van der Waals surface area (Å²) >= 11 is 3.25. The molecular weight excluding hydrogens is 436 g/mol. The van der Waals surface area contributed by atoms with Gasteiger partial charge >= 0.3 is 5.97 Å². The maximum atomic E-state index is 13.2. The van der Waals surface area contributed by atoms with Crippen LogP contribution in [0.5, 0.6) is 0 Å². The van der Waals surface area contributed by atoms with Crippen molar-refractivity contribution in [1.29, 1.82) is 5.26 Å². The van der Waals surface area contributed by atoms with Crippen LogP contribution in [0.4, 0.5) is 0 Å². The van der Waals surface area contributed by atoms with Gasteiger partial charge in [0.05, 0.1) is 4.90 Å². The number of nitriles is 1. The van der Waals surface area contributed by atoms with Crippen molar-refractivity contribution < 1.29 is 22.7 Å². The van der Waals surface area contributed by atoms with Gasteiger partial charge in [-0.05, 0) is 44.0 Å². The van der Waals surface area contributed by atoms with E-state index in [1.807, 2.05) is 0 Å². The number of nitrogens with two attached hydrogens (primary N) is 1. The van der Waals surface area contributed by atoms with Crippen LogP contribution >= 0.6 is 15.9 Å². The van der Waals surface area contributed by atoms with Crippen LogP contribution in [-0.4, -0.2) is 31.5 Å². The lowest BCUT2D eigenvalue weighted by Gasteiger charge is -2.26. The van der Waals surface area contributed by atoms with Gasteiger partial charge in [0.25, 0.3) is 0 Å². The molecule has 1 fully saturated rings. The van der Waals surface area contributed by atoms with E-state index in [9.17, 15) is 18.0 Å². The van der Waals surface area contributed by atoms with E-state index in [2.05, 4.69) is 15.9 Å². The lowest BCUT2D eigenvalue weighted by Crippen LogP contribution is -2.45. The van der Waals surface area contributed by atoms with Crippen LogP contribution in [0.25, 0.3) is 0 Å². The number of halogens is 1. The van der Waals surface area contributed by atoms with Crippen molar-refractivity contribution in [3.8, 4) is 6.07 Å². The number of carbonyl (C=O) groups excluding carboxylic acids is 2. The summed E-state index contributed by atoms with van der Waals surface area (Å²) in [6.45, 7) is 0.655. The predicted octanol–water partition coefficient (Wildman–Crippen LogP) is 2.40. The third-order valence-corrected chi connectivity index (χ3v) is 7.57. The van der Waals surface area contributed by atoms with Crippen molar-refractivity contribution in [1.82, 2.24) is 0 Å². The molecule has 1 aliphatic carbocycles. The van der Waals surface area contributed by atoms with Crippen LogP contribution in [0.3, 0.4) is 0 Å². The Labute approximate surface area is 166 Å². The molecule has 1 aromatic rings. The number of ether oxygens (including phenoxy) is 1. The Hall–Kier alpha value is -2.18. The van der Waals surface area contributed by atoms with Gasteiger partial charge in [0, 0.05) is 10.2 Å². The van der Waals surface area contributed by atoms with Crippen LogP contribution in [-0.2, 0) is 24.2 Å². The van der Waals surface area contributed by atoms with E-state index in [-0.39, 0.29) is 29.0 Å². The number of ketones is 1. The van der Waals surface area contributed by atoms with E-state index >= 15 is 0 Å². The topological polar surface area (TPSA) is 127 Å². The number of esters is 1. The fourth-order valence-corrected chi connectivity index (χ4v) is 5.39. The first-order chi connectivity index (χ1) is 12.7. The maximum absolute atomic E-state index is 13.2. The number of Topliss-reactive ketones (excluding diaryl/α,β-unsaturated/α-hetero) is 1. The Balaban J connectivity index is 2.30. The molecule has 0 heterocycles. The van der Waals surface area contributed by atoms with Gasteiger partial charge in [-0.25, -0.2) is 8.42 Å². The van der Waals surface area contributed by atoms with E-state index in [1.54, 1.807) is 18.2 Å². The molecule has 0 spiro atoms. The number of sulfone groups is 1. The second-order valence-corrected chi connectivity index (χ2v) is 9.50. The minimum absolute atomic E-state index is 0.0108. The predicted molar refractivity (Wildman–Crippen MR) is 101 cm³/mol. The van der Waals surface area contributed by atoms with Crippen molar-refractivity contribution in [2.45, 2.75) is 42.2 Å².